The molecule has 8 heteroatoms. The summed E-state index contributed by atoms with van der Waals surface area (Å²) >= 11 is 6.76. The second-order valence-corrected chi connectivity index (χ2v) is 12.0. The molecule has 0 radical (unpaired) electrons. The second kappa shape index (κ2) is 14.1. The minimum absolute atomic E-state index is 0.582. The molecule has 45 heavy (non-hydrogen) atoms. The Morgan fingerprint density at radius 3 is 2.02 bits per heavy atom. The number of hydrogen-bond acceptors (Lipinski definition) is 7. The van der Waals surface area contributed by atoms with Crippen LogP contribution in [0.5, 0.6) is 11.5 Å². The Bertz CT molecular complexity index is 1690. The Hall–Kier alpha value is -4.46. The van der Waals surface area contributed by atoms with Crippen molar-refractivity contribution in [3.63, 3.8) is 0 Å². The van der Waals surface area contributed by atoms with Gasteiger partial charge in [0.15, 0.2) is 5.82 Å². The van der Waals surface area contributed by atoms with E-state index in [2.05, 4.69) is 63.6 Å². The molecule has 6 rings (SSSR count). The van der Waals surface area contributed by atoms with Crippen LogP contribution in [-0.4, -0.2) is 37.2 Å². The van der Waals surface area contributed by atoms with Crippen molar-refractivity contribution in [1.82, 2.24) is 9.88 Å². The largest absolute Gasteiger partial charge is 0.497 e. The van der Waals surface area contributed by atoms with E-state index in [1.54, 1.807) is 14.2 Å². The van der Waals surface area contributed by atoms with Gasteiger partial charge in [-0.05, 0) is 84.6 Å². The maximum absolute atomic E-state index is 7.02. The zero-order valence-corrected chi connectivity index (χ0v) is 26.7. The molecule has 1 aromatic heterocycles. The highest BCUT2D eigenvalue weighted by Gasteiger charge is 2.20. The van der Waals surface area contributed by atoms with E-state index in [9.17, 15) is 0 Å². The van der Waals surface area contributed by atoms with Gasteiger partial charge in [0.25, 0.3) is 0 Å². The number of rotatable bonds is 12. The number of nitrogen functional groups attached to an aromatic ring is 1. The lowest BCUT2D eigenvalue weighted by atomic mass is 10.1. The van der Waals surface area contributed by atoms with Crippen LogP contribution in [0.25, 0.3) is 10.9 Å². The molecule has 1 saturated heterocycles. The van der Waals surface area contributed by atoms with Crippen molar-refractivity contribution >= 4 is 39.7 Å². The average Bonchev–Trinajstić information content (AvgIpc) is 3.59. The molecule has 0 amide bonds. The molecule has 0 bridgehead atoms. The van der Waals surface area contributed by atoms with Gasteiger partial charge in [-0.2, -0.15) is 0 Å². The smallest absolute Gasteiger partial charge is 0.155 e. The number of aromatic nitrogens is 1. The number of hydrogen-bond donors (Lipinski definition) is 2. The van der Waals surface area contributed by atoms with Crippen LogP contribution in [0.3, 0.4) is 0 Å². The first kappa shape index (κ1) is 30.6. The molecule has 1 fully saturated rings. The predicted octanol–water partition coefficient (Wildman–Crippen LogP) is 7.90. The Kier molecular flexibility index (Phi) is 9.58. The quantitative estimate of drug-likeness (QED) is 0.147. The number of anilines is 3. The van der Waals surface area contributed by atoms with Gasteiger partial charge in [-0.15, -0.1) is 0 Å². The molecule has 0 unspecified atom stereocenters. The minimum atomic E-state index is 0.582. The van der Waals surface area contributed by atoms with Crippen molar-refractivity contribution < 1.29 is 9.47 Å². The van der Waals surface area contributed by atoms with Crippen LogP contribution < -0.4 is 25.4 Å². The van der Waals surface area contributed by atoms with E-state index in [0.717, 1.165) is 75.3 Å². The highest BCUT2D eigenvalue weighted by atomic mass is 35.5. The number of nitrogens with zero attached hydrogens (tertiary/aromatic N) is 3. The Morgan fingerprint density at radius 2 is 1.42 bits per heavy atom. The molecule has 0 aliphatic carbocycles. The molecule has 0 spiro atoms. The fourth-order valence-corrected chi connectivity index (χ4v) is 6.22. The lowest BCUT2D eigenvalue weighted by Crippen LogP contribution is -2.25. The lowest BCUT2D eigenvalue weighted by Gasteiger charge is -2.27. The van der Waals surface area contributed by atoms with E-state index >= 15 is 0 Å². The van der Waals surface area contributed by atoms with Gasteiger partial charge in [0.1, 0.15) is 11.5 Å². The third kappa shape index (κ3) is 7.27. The first-order chi connectivity index (χ1) is 22.0. The first-order valence-corrected chi connectivity index (χ1v) is 15.8. The molecule has 1 aliphatic rings. The van der Waals surface area contributed by atoms with Crippen molar-refractivity contribution in [2.24, 2.45) is 0 Å². The molecular formula is C37H40ClN5O2. The molecule has 5 aromatic rings. The van der Waals surface area contributed by atoms with Crippen molar-refractivity contribution in [1.29, 1.82) is 0 Å². The van der Waals surface area contributed by atoms with Crippen molar-refractivity contribution in [3.05, 3.63) is 118 Å². The summed E-state index contributed by atoms with van der Waals surface area (Å²) in [6, 6.07) is 30.7. The Labute approximate surface area is 270 Å². The normalized spacial score (nSPS) is 13.2. The van der Waals surface area contributed by atoms with Crippen LogP contribution in [0.2, 0.25) is 5.02 Å². The van der Waals surface area contributed by atoms with E-state index in [1.807, 2.05) is 42.5 Å². The van der Waals surface area contributed by atoms with Gasteiger partial charge >= 0.3 is 0 Å². The number of likely N-dealkylation sites (tertiary alicyclic amines) is 1. The van der Waals surface area contributed by atoms with E-state index < -0.39 is 0 Å². The third-order valence-corrected chi connectivity index (χ3v) is 8.81. The number of nitrogens with one attached hydrogen (secondary N) is 1. The van der Waals surface area contributed by atoms with E-state index in [-0.39, 0.29) is 0 Å². The first-order valence-electron chi connectivity index (χ1n) is 15.4. The van der Waals surface area contributed by atoms with Crippen LogP contribution in [0.1, 0.15) is 35.1 Å². The fourth-order valence-electron chi connectivity index (χ4n) is 5.95. The Balaban J connectivity index is 1.32. The maximum Gasteiger partial charge on any atom is 0.155 e. The number of ether oxygens (including phenoxy) is 2. The highest BCUT2D eigenvalue weighted by Crippen LogP contribution is 2.37. The molecule has 1 aliphatic heterocycles. The molecule has 2 heterocycles. The predicted molar refractivity (Wildman–Crippen MR) is 185 cm³/mol. The lowest BCUT2D eigenvalue weighted by molar-refractivity contribution is 0.331. The molecule has 7 nitrogen and oxygen atoms in total. The molecule has 4 aromatic carbocycles. The molecule has 232 valence electrons. The van der Waals surface area contributed by atoms with Crippen LogP contribution in [-0.2, 0) is 26.2 Å². The van der Waals surface area contributed by atoms with Gasteiger partial charge in [-0.1, -0.05) is 66.2 Å². The maximum atomic E-state index is 7.02. The van der Waals surface area contributed by atoms with Crippen molar-refractivity contribution in [2.45, 2.75) is 39.0 Å². The average molecular weight is 622 g/mol. The monoisotopic (exact) mass is 621 g/mol. The van der Waals surface area contributed by atoms with Gasteiger partial charge < -0.3 is 25.4 Å². The highest BCUT2D eigenvalue weighted by molar-refractivity contribution is 6.31. The number of fused-ring (bicyclic) bond motifs is 1. The Morgan fingerprint density at radius 1 is 0.822 bits per heavy atom. The zero-order valence-electron chi connectivity index (χ0n) is 25.9. The number of nitrogens with two attached hydrogens (primary N) is 1. The zero-order chi connectivity index (χ0) is 31.2. The molecular weight excluding hydrogens is 582 g/mol. The summed E-state index contributed by atoms with van der Waals surface area (Å²) < 4.78 is 10.8. The topological polar surface area (TPSA) is 75.9 Å². The minimum Gasteiger partial charge on any atom is -0.497 e. The molecule has 0 saturated carbocycles. The number of para-hydroxylation sites is 1. The molecule has 3 N–H and O–H groups in total. The van der Waals surface area contributed by atoms with E-state index in [4.69, 9.17) is 31.8 Å². The van der Waals surface area contributed by atoms with Crippen LogP contribution in [0.15, 0.2) is 91.0 Å². The number of halogens is 1. The third-order valence-electron chi connectivity index (χ3n) is 8.45. The van der Waals surface area contributed by atoms with Gasteiger partial charge in [0.05, 0.1) is 31.1 Å². The number of pyridine rings is 1. The van der Waals surface area contributed by atoms with Gasteiger partial charge in [0, 0.05) is 36.6 Å². The summed E-state index contributed by atoms with van der Waals surface area (Å²) in [7, 11) is 3.35. The SMILES string of the molecule is COc1ccc(CN(Cc2ccc(OC)cc2)c2nc3ccccc3c(NCc3ccc(CN4CCCC4)c(Cl)c3)c2N)cc1. The molecule has 0 atom stereocenters. The standard InChI is InChI=1S/C37H40ClN5O2/c1-44-30-15-10-26(11-16-30)23-43(24-27-12-17-31(45-2)18-13-27)37-35(39)36(32-7-3-4-8-34(32)41-37)40-22-28-9-14-29(33(38)21-28)25-42-19-5-6-20-42/h3-4,7-18,21H,5-6,19-20,22-25,39H2,1-2H3,(H,40,41). The van der Waals surface area contributed by atoms with E-state index in [0.29, 0.717) is 25.3 Å². The summed E-state index contributed by atoms with van der Waals surface area (Å²) in [6.45, 7) is 4.99. The van der Waals surface area contributed by atoms with Gasteiger partial charge in [0.2, 0.25) is 0 Å². The summed E-state index contributed by atoms with van der Waals surface area (Å²) in [5, 5.41) is 5.43. The summed E-state index contributed by atoms with van der Waals surface area (Å²) in [5.74, 6) is 2.36. The number of methoxy groups -OCH3 is 2. The van der Waals surface area contributed by atoms with Crippen molar-refractivity contribution in [3.8, 4) is 11.5 Å². The van der Waals surface area contributed by atoms with Crippen LogP contribution in [0.4, 0.5) is 17.2 Å². The summed E-state index contributed by atoms with van der Waals surface area (Å²) in [5.41, 5.74) is 13.9. The van der Waals surface area contributed by atoms with Gasteiger partial charge in [-0.3, -0.25) is 4.90 Å². The van der Waals surface area contributed by atoms with Gasteiger partial charge in [-0.25, -0.2) is 4.98 Å². The fraction of sp³-hybridized carbons (Fsp3) is 0.270. The van der Waals surface area contributed by atoms with Crippen molar-refractivity contribution in [2.75, 3.05) is 43.3 Å². The summed E-state index contributed by atoms with van der Waals surface area (Å²) in [6.07, 6.45) is 2.53. The second-order valence-electron chi connectivity index (χ2n) is 11.6. The number of benzene rings is 4. The van der Waals surface area contributed by atoms with Crippen LogP contribution >= 0.6 is 11.6 Å². The van der Waals surface area contributed by atoms with Crippen LogP contribution in [0, 0.1) is 0 Å². The van der Waals surface area contributed by atoms with E-state index in [1.165, 1.54) is 18.4 Å². The summed E-state index contributed by atoms with van der Waals surface area (Å²) in [4.78, 5) is 9.80.